The zero-order valence-corrected chi connectivity index (χ0v) is 13.3. The van der Waals surface area contributed by atoms with Crippen molar-refractivity contribution >= 4 is 26.8 Å². The summed E-state index contributed by atoms with van der Waals surface area (Å²) >= 11 is 0. The van der Waals surface area contributed by atoms with E-state index in [-0.39, 0.29) is 18.0 Å². The van der Waals surface area contributed by atoms with E-state index in [0.29, 0.717) is 6.61 Å². The molecule has 1 aromatic rings. The normalized spacial score (nSPS) is 11.5. The molecule has 1 rings (SSSR count). The highest BCUT2D eigenvalue weighted by Gasteiger charge is 2.22. The summed E-state index contributed by atoms with van der Waals surface area (Å²) in [4.78, 5) is 11.6. The number of hydrogen-bond acceptors (Lipinski definition) is 6. The van der Waals surface area contributed by atoms with Gasteiger partial charge in [-0.2, -0.15) is 5.10 Å². The summed E-state index contributed by atoms with van der Waals surface area (Å²) in [5.41, 5.74) is 0.114. The van der Waals surface area contributed by atoms with Crippen LogP contribution in [0.5, 0.6) is 0 Å². The molecule has 0 saturated carbocycles. The van der Waals surface area contributed by atoms with Crippen LogP contribution in [0.15, 0.2) is 6.07 Å². The van der Waals surface area contributed by atoms with Crippen LogP contribution in [0.2, 0.25) is 25.7 Å². The first-order valence-corrected chi connectivity index (χ1v) is 10.1. The first-order valence-electron chi connectivity index (χ1n) is 6.34. The minimum atomic E-state index is -1.73. The zero-order valence-electron chi connectivity index (χ0n) is 12.3. The molecule has 0 fully saturated rings. The van der Waals surface area contributed by atoms with Crippen LogP contribution in [-0.4, -0.2) is 54.7 Å². The molecule has 0 saturated heterocycles. The van der Waals surface area contributed by atoms with Crippen LogP contribution in [0, 0.1) is 0 Å². The lowest BCUT2D eigenvalue weighted by Gasteiger charge is -2.15. The number of nitrogens with zero attached hydrogens (tertiary/aromatic N) is 2. The maximum absolute atomic E-state index is 11.6. The number of carbonyl (C=O) groups is 1. The van der Waals surface area contributed by atoms with Crippen LogP contribution >= 0.6 is 0 Å². The molecule has 0 aromatic carbocycles. The summed E-state index contributed by atoms with van der Waals surface area (Å²) < 4.78 is 11.4. The lowest BCUT2D eigenvalue weighted by molar-refractivity contribution is 0.0518. The summed E-state index contributed by atoms with van der Waals surface area (Å²) in [5.74, 6) is -0.599. The lowest BCUT2D eigenvalue weighted by atomic mass is 9.86. The average Bonchev–Trinajstić information content (AvgIpc) is 2.77. The van der Waals surface area contributed by atoms with Gasteiger partial charge in [0.25, 0.3) is 0 Å². The molecule has 1 heterocycles. The molecule has 112 valence electrons. The summed E-state index contributed by atoms with van der Waals surface area (Å²) in [7, 11) is -1.66. The standard InChI is InChI=1S/C11H21BN2O5Si/c1-18-11(15)9-7-10(12(16)17)13-14(9)8-19-5-6-20(2,3)4/h7,16-17H,5-6,8H2,1-4H3. The van der Waals surface area contributed by atoms with Crippen LogP contribution < -0.4 is 5.59 Å². The second-order valence-electron chi connectivity index (χ2n) is 5.67. The molecule has 0 unspecified atom stereocenters. The summed E-state index contributed by atoms with van der Waals surface area (Å²) in [6.45, 7) is 7.37. The minimum Gasteiger partial charge on any atom is -0.464 e. The van der Waals surface area contributed by atoms with Crippen molar-refractivity contribution in [3.63, 3.8) is 0 Å². The van der Waals surface area contributed by atoms with Gasteiger partial charge in [0, 0.05) is 14.7 Å². The lowest BCUT2D eigenvalue weighted by Crippen LogP contribution is -2.31. The number of hydrogen-bond donors (Lipinski definition) is 2. The van der Waals surface area contributed by atoms with E-state index in [0.717, 1.165) is 6.04 Å². The Morgan fingerprint density at radius 2 is 2.10 bits per heavy atom. The van der Waals surface area contributed by atoms with Crippen LogP contribution in [0.4, 0.5) is 0 Å². The molecule has 0 aliphatic heterocycles. The van der Waals surface area contributed by atoms with Crippen LogP contribution in [0.25, 0.3) is 0 Å². The number of ether oxygens (including phenoxy) is 2. The monoisotopic (exact) mass is 300 g/mol. The molecule has 0 aliphatic carbocycles. The van der Waals surface area contributed by atoms with Crippen molar-refractivity contribution in [2.45, 2.75) is 32.4 Å². The van der Waals surface area contributed by atoms with Crippen molar-refractivity contribution in [2.24, 2.45) is 0 Å². The zero-order chi connectivity index (χ0) is 15.3. The topological polar surface area (TPSA) is 93.8 Å². The Labute approximate surface area is 119 Å². The molecule has 20 heavy (non-hydrogen) atoms. The Kier molecular flexibility index (Phi) is 5.93. The molecule has 0 amide bonds. The molecule has 2 N–H and O–H groups in total. The Balaban J connectivity index is 2.70. The number of methoxy groups -OCH3 is 1. The Bertz CT molecular complexity index is 458. The Hall–Kier alpha value is -1.16. The number of rotatable bonds is 7. The van der Waals surface area contributed by atoms with Crippen LogP contribution in [0.1, 0.15) is 10.5 Å². The van der Waals surface area contributed by atoms with Crippen molar-refractivity contribution in [1.82, 2.24) is 9.78 Å². The maximum atomic E-state index is 11.6. The van der Waals surface area contributed by atoms with E-state index in [1.54, 1.807) is 0 Å². The predicted molar refractivity (Wildman–Crippen MR) is 77.5 cm³/mol. The third-order valence-electron chi connectivity index (χ3n) is 2.67. The third-order valence-corrected chi connectivity index (χ3v) is 4.37. The van der Waals surface area contributed by atoms with Gasteiger partial charge >= 0.3 is 13.1 Å². The van der Waals surface area contributed by atoms with Crippen molar-refractivity contribution in [3.8, 4) is 0 Å². The molecule has 0 radical (unpaired) electrons. The fourth-order valence-corrected chi connectivity index (χ4v) is 2.22. The van der Waals surface area contributed by atoms with E-state index in [1.165, 1.54) is 17.9 Å². The largest absolute Gasteiger partial charge is 0.510 e. The van der Waals surface area contributed by atoms with Crippen molar-refractivity contribution in [1.29, 1.82) is 0 Å². The van der Waals surface area contributed by atoms with Gasteiger partial charge in [-0.3, -0.25) is 0 Å². The second kappa shape index (κ2) is 7.02. The first-order chi connectivity index (χ1) is 9.24. The van der Waals surface area contributed by atoms with Gasteiger partial charge in [0.2, 0.25) is 0 Å². The average molecular weight is 300 g/mol. The number of aromatic nitrogens is 2. The van der Waals surface area contributed by atoms with Crippen LogP contribution in [-0.2, 0) is 16.2 Å². The molecule has 9 heteroatoms. The van der Waals surface area contributed by atoms with Gasteiger partial charge in [-0.05, 0) is 12.1 Å². The Morgan fingerprint density at radius 1 is 1.45 bits per heavy atom. The van der Waals surface area contributed by atoms with Crippen LogP contribution in [0.3, 0.4) is 0 Å². The van der Waals surface area contributed by atoms with E-state index in [1.807, 2.05) is 0 Å². The molecular formula is C11H21BN2O5Si. The van der Waals surface area contributed by atoms with Crippen molar-refractivity contribution in [2.75, 3.05) is 13.7 Å². The molecular weight excluding hydrogens is 279 g/mol. The van der Waals surface area contributed by atoms with Gasteiger partial charge in [-0.25, -0.2) is 9.48 Å². The summed E-state index contributed by atoms with van der Waals surface area (Å²) in [6, 6.07) is 2.27. The highest BCUT2D eigenvalue weighted by atomic mass is 28.3. The molecule has 0 atom stereocenters. The second-order valence-corrected chi connectivity index (χ2v) is 11.3. The van der Waals surface area contributed by atoms with E-state index < -0.39 is 21.2 Å². The number of carbonyl (C=O) groups excluding carboxylic acids is 1. The SMILES string of the molecule is COC(=O)c1cc(B(O)O)nn1COCC[Si](C)(C)C. The number of esters is 1. The molecule has 0 aliphatic rings. The summed E-state index contributed by atoms with van der Waals surface area (Å²) in [5, 5.41) is 22.1. The summed E-state index contributed by atoms with van der Waals surface area (Å²) in [6.07, 6.45) is 0. The maximum Gasteiger partial charge on any atom is 0.510 e. The van der Waals surface area contributed by atoms with E-state index >= 15 is 0 Å². The molecule has 0 bridgehead atoms. The minimum absolute atomic E-state index is 0.0146. The van der Waals surface area contributed by atoms with Gasteiger partial charge in [0.05, 0.1) is 12.7 Å². The third kappa shape index (κ3) is 5.08. The fourth-order valence-electron chi connectivity index (χ4n) is 1.46. The van der Waals surface area contributed by atoms with Gasteiger partial charge in [-0.15, -0.1) is 0 Å². The Morgan fingerprint density at radius 3 is 2.60 bits per heavy atom. The van der Waals surface area contributed by atoms with Gasteiger partial charge in [-0.1, -0.05) is 19.6 Å². The van der Waals surface area contributed by atoms with Crippen molar-refractivity contribution < 1.29 is 24.3 Å². The van der Waals surface area contributed by atoms with E-state index in [2.05, 4.69) is 29.5 Å². The molecule has 0 spiro atoms. The predicted octanol–water partition coefficient (Wildman–Crippen LogP) is -0.338. The van der Waals surface area contributed by atoms with Gasteiger partial charge in [0.15, 0.2) is 0 Å². The smallest absolute Gasteiger partial charge is 0.464 e. The molecule has 1 aromatic heterocycles. The quantitative estimate of drug-likeness (QED) is 0.406. The van der Waals surface area contributed by atoms with Gasteiger partial charge < -0.3 is 19.5 Å². The van der Waals surface area contributed by atoms with E-state index in [4.69, 9.17) is 14.8 Å². The van der Waals surface area contributed by atoms with Crippen molar-refractivity contribution in [3.05, 3.63) is 11.8 Å². The molecule has 7 nitrogen and oxygen atoms in total. The van der Waals surface area contributed by atoms with Gasteiger partial charge in [0.1, 0.15) is 12.4 Å². The van der Waals surface area contributed by atoms with E-state index in [9.17, 15) is 4.79 Å². The highest BCUT2D eigenvalue weighted by molar-refractivity contribution is 6.76. The first kappa shape index (κ1) is 16.9. The fraction of sp³-hybridized carbons (Fsp3) is 0.636. The highest BCUT2D eigenvalue weighted by Crippen LogP contribution is 2.08.